The lowest BCUT2D eigenvalue weighted by Gasteiger charge is -2.32. The maximum absolute atomic E-state index is 12.6. The average Bonchev–Trinajstić information content (AvgIpc) is 3.20. The van der Waals surface area contributed by atoms with Crippen molar-refractivity contribution in [3.05, 3.63) is 40.2 Å². The predicted molar refractivity (Wildman–Crippen MR) is 117 cm³/mol. The Kier molecular flexibility index (Phi) is 6.59. The Bertz CT molecular complexity index is 1010. The Labute approximate surface area is 181 Å². The Hall–Kier alpha value is -2.83. The molecule has 2 aromatic rings. The van der Waals surface area contributed by atoms with Gasteiger partial charge >= 0.3 is 5.63 Å². The predicted octanol–water partition coefficient (Wildman–Crippen LogP) is 2.99. The van der Waals surface area contributed by atoms with E-state index in [0.717, 1.165) is 69.2 Å². The van der Waals surface area contributed by atoms with Crippen molar-refractivity contribution in [1.29, 1.82) is 0 Å². The Balaban J connectivity index is 1.26. The molecule has 3 heterocycles. The molecule has 2 aliphatic rings. The van der Waals surface area contributed by atoms with Crippen LogP contribution in [-0.2, 0) is 16.0 Å². The van der Waals surface area contributed by atoms with E-state index in [2.05, 4.69) is 0 Å². The summed E-state index contributed by atoms with van der Waals surface area (Å²) in [6, 6.07) is 6.86. The molecule has 2 amide bonds. The highest BCUT2D eigenvalue weighted by molar-refractivity contribution is 5.82. The van der Waals surface area contributed by atoms with Crippen molar-refractivity contribution in [1.82, 2.24) is 9.80 Å². The molecule has 0 bridgehead atoms. The van der Waals surface area contributed by atoms with E-state index in [-0.39, 0.29) is 24.0 Å². The average molecular weight is 427 g/mol. The van der Waals surface area contributed by atoms with Crippen LogP contribution in [0.5, 0.6) is 5.75 Å². The summed E-state index contributed by atoms with van der Waals surface area (Å²) in [5.74, 6) is 1.33. The number of fused-ring (bicyclic) bond motifs is 1. The summed E-state index contributed by atoms with van der Waals surface area (Å²) in [5.41, 5.74) is 1.03. The summed E-state index contributed by atoms with van der Waals surface area (Å²) < 4.78 is 11.0. The molecule has 2 aliphatic heterocycles. The summed E-state index contributed by atoms with van der Waals surface area (Å²) in [6.07, 6.45) is 5.37. The fourth-order valence-electron chi connectivity index (χ4n) is 4.58. The van der Waals surface area contributed by atoms with Gasteiger partial charge in [0.15, 0.2) is 6.61 Å². The van der Waals surface area contributed by atoms with Crippen LogP contribution in [0.3, 0.4) is 0 Å². The molecule has 2 fully saturated rings. The van der Waals surface area contributed by atoms with Gasteiger partial charge in [-0.15, -0.1) is 0 Å². The van der Waals surface area contributed by atoms with Crippen molar-refractivity contribution < 1.29 is 18.7 Å². The number of nitrogens with zero attached hydrogens (tertiary/aromatic N) is 2. The van der Waals surface area contributed by atoms with Gasteiger partial charge in [-0.25, -0.2) is 4.79 Å². The van der Waals surface area contributed by atoms with E-state index in [4.69, 9.17) is 9.15 Å². The summed E-state index contributed by atoms with van der Waals surface area (Å²) in [5, 5.41) is 0.887. The summed E-state index contributed by atoms with van der Waals surface area (Å²) in [4.78, 5) is 39.9. The number of piperidine rings is 1. The maximum atomic E-state index is 12.6. The standard InChI is InChI=1S/C24H30N2O5/c1-2-18-14-24(29)31-21-15-19(5-6-20(18)21)30-16-23(28)26-12-8-17(9-13-26)7-11-25-10-3-4-22(25)27/h5-6,14-15,17H,2-4,7-13,16H2,1H3. The molecule has 1 aromatic heterocycles. The number of amides is 2. The van der Waals surface area contributed by atoms with Gasteiger partial charge in [0, 0.05) is 50.1 Å². The molecule has 4 rings (SSSR count). The van der Waals surface area contributed by atoms with E-state index in [1.807, 2.05) is 22.8 Å². The smallest absolute Gasteiger partial charge is 0.336 e. The zero-order valence-electron chi connectivity index (χ0n) is 18.1. The minimum absolute atomic E-state index is 0.0305. The molecule has 0 spiro atoms. The summed E-state index contributed by atoms with van der Waals surface area (Å²) in [7, 11) is 0. The molecule has 2 saturated heterocycles. The van der Waals surface area contributed by atoms with Gasteiger partial charge in [0.05, 0.1) is 0 Å². The Morgan fingerprint density at radius 3 is 2.68 bits per heavy atom. The van der Waals surface area contributed by atoms with Gasteiger partial charge in [-0.2, -0.15) is 0 Å². The maximum Gasteiger partial charge on any atom is 0.336 e. The fraction of sp³-hybridized carbons (Fsp3) is 0.542. The number of rotatable bonds is 7. The van der Waals surface area contributed by atoms with Gasteiger partial charge < -0.3 is 19.0 Å². The molecule has 0 N–H and O–H groups in total. The number of likely N-dealkylation sites (tertiary alicyclic amines) is 2. The number of ether oxygens (including phenoxy) is 1. The minimum atomic E-state index is -0.380. The summed E-state index contributed by atoms with van der Waals surface area (Å²) >= 11 is 0. The molecule has 0 radical (unpaired) electrons. The second-order valence-corrected chi connectivity index (χ2v) is 8.49. The first-order valence-electron chi connectivity index (χ1n) is 11.3. The van der Waals surface area contributed by atoms with Crippen LogP contribution in [0.1, 0.15) is 44.6 Å². The third-order valence-corrected chi connectivity index (χ3v) is 6.49. The quantitative estimate of drug-likeness (QED) is 0.636. The molecule has 0 saturated carbocycles. The lowest BCUT2D eigenvalue weighted by atomic mass is 9.93. The van der Waals surface area contributed by atoms with E-state index in [0.29, 0.717) is 23.7 Å². The Morgan fingerprint density at radius 1 is 1.16 bits per heavy atom. The first kappa shape index (κ1) is 21.4. The van der Waals surface area contributed by atoms with Crippen LogP contribution in [0.25, 0.3) is 11.0 Å². The van der Waals surface area contributed by atoms with Gasteiger partial charge in [0.1, 0.15) is 11.3 Å². The van der Waals surface area contributed by atoms with E-state index >= 15 is 0 Å². The van der Waals surface area contributed by atoms with Gasteiger partial charge in [-0.05, 0) is 55.7 Å². The van der Waals surface area contributed by atoms with Gasteiger partial charge in [-0.3, -0.25) is 9.59 Å². The topological polar surface area (TPSA) is 80.1 Å². The normalized spacial score (nSPS) is 17.5. The number of aryl methyl sites for hydroxylation is 1. The number of hydrogen-bond acceptors (Lipinski definition) is 5. The van der Waals surface area contributed by atoms with E-state index < -0.39 is 0 Å². The summed E-state index contributed by atoms with van der Waals surface area (Å²) in [6.45, 7) is 5.16. The molecule has 0 unspecified atom stereocenters. The fourth-order valence-corrected chi connectivity index (χ4v) is 4.58. The SMILES string of the molecule is CCc1cc(=O)oc2cc(OCC(=O)N3CCC(CCN4CCCC4=O)CC3)ccc12. The zero-order chi connectivity index (χ0) is 21.8. The van der Waals surface area contributed by atoms with Crippen molar-refractivity contribution >= 4 is 22.8 Å². The number of hydrogen-bond donors (Lipinski definition) is 0. The second kappa shape index (κ2) is 9.54. The van der Waals surface area contributed by atoms with Crippen molar-refractivity contribution in [3.8, 4) is 5.75 Å². The van der Waals surface area contributed by atoms with Crippen molar-refractivity contribution in [2.24, 2.45) is 5.92 Å². The largest absolute Gasteiger partial charge is 0.484 e. The molecule has 0 aliphatic carbocycles. The van der Waals surface area contributed by atoms with Crippen LogP contribution >= 0.6 is 0 Å². The van der Waals surface area contributed by atoms with Gasteiger partial charge in [0.2, 0.25) is 5.91 Å². The third kappa shape index (κ3) is 5.09. The van der Waals surface area contributed by atoms with Crippen molar-refractivity contribution in [2.45, 2.75) is 45.4 Å². The molecular formula is C24H30N2O5. The highest BCUT2D eigenvalue weighted by atomic mass is 16.5. The van der Waals surface area contributed by atoms with Crippen LogP contribution in [0.15, 0.2) is 33.5 Å². The van der Waals surface area contributed by atoms with E-state index in [1.54, 1.807) is 12.1 Å². The lowest BCUT2D eigenvalue weighted by molar-refractivity contribution is -0.134. The highest BCUT2D eigenvalue weighted by Crippen LogP contribution is 2.24. The Morgan fingerprint density at radius 2 is 1.97 bits per heavy atom. The second-order valence-electron chi connectivity index (χ2n) is 8.49. The third-order valence-electron chi connectivity index (χ3n) is 6.49. The van der Waals surface area contributed by atoms with Crippen molar-refractivity contribution in [3.63, 3.8) is 0 Å². The lowest BCUT2D eigenvalue weighted by Crippen LogP contribution is -2.41. The molecule has 1 aromatic carbocycles. The van der Waals surface area contributed by atoms with Crippen molar-refractivity contribution in [2.75, 3.05) is 32.8 Å². The first-order chi connectivity index (χ1) is 15.0. The molecular weight excluding hydrogens is 396 g/mol. The monoisotopic (exact) mass is 426 g/mol. The van der Waals surface area contributed by atoms with Crippen LogP contribution in [0.2, 0.25) is 0 Å². The number of benzene rings is 1. The molecule has 0 atom stereocenters. The zero-order valence-corrected chi connectivity index (χ0v) is 18.1. The molecule has 7 heteroatoms. The van der Waals surface area contributed by atoms with Crippen LogP contribution in [0.4, 0.5) is 0 Å². The molecule has 31 heavy (non-hydrogen) atoms. The molecule has 166 valence electrons. The van der Waals surface area contributed by atoms with Gasteiger partial charge in [0.25, 0.3) is 5.91 Å². The van der Waals surface area contributed by atoms with E-state index in [1.165, 1.54) is 6.07 Å². The van der Waals surface area contributed by atoms with Crippen LogP contribution in [0, 0.1) is 5.92 Å². The highest BCUT2D eigenvalue weighted by Gasteiger charge is 2.25. The van der Waals surface area contributed by atoms with E-state index in [9.17, 15) is 14.4 Å². The van der Waals surface area contributed by atoms with Crippen LogP contribution in [-0.4, -0.2) is 54.4 Å². The molecule has 7 nitrogen and oxygen atoms in total. The number of carbonyl (C=O) groups excluding carboxylic acids is 2. The van der Waals surface area contributed by atoms with Gasteiger partial charge in [-0.1, -0.05) is 6.92 Å². The number of carbonyl (C=O) groups is 2. The van der Waals surface area contributed by atoms with Crippen LogP contribution < -0.4 is 10.4 Å². The minimum Gasteiger partial charge on any atom is -0.484 e. The first-order valence-corrected chi connectivity index (χ1v) is 11.3.